The van der Waals surface area contributed by atoms with Crippen LogP contribution in [0.1, 0.15) is 57.6 Å². The van der Waals surface area contributed by atoms with Gasteiger partial charge in [-0.2, -0.15) is 0 Å². The minimum Gasteiger partial charge on any atom is -0.481 e. The fraction of sp³-hybridized carbons (Fsp3) is 0.613. The molecule has 0 aliphatic heterocycles. The smallest absolute Gasteiger partial charge is 0.303 e. The van der Waals surface area contributed by atoms with Gasteiger partial charge in [0.15, 0.2) is 0 Å². The fourth-order valence-corrected chi connectivity index (χ4v) is 4.58. The van der Waals surface area contributed by atoms with Crippen LogP contribution in [0.3, 0.4) is 0 Å². The number of fused-ring (bicyclic) bond motifs is 1. The van der Waals surface area contributed by atoms with Gasteiger partial charge in [0.1, 0.15) is 6.04 Å². The molecule has 3 amide bonds. The molecule has 1 aromatic carbocycles. The molecule has 5 N–H and O–H groups in total. The molecule has 0 radical (unpaired) electrons. The van der Waals surface area contributed by atoms with Gasteiger partial charge in [-0.1, -0.05) is 38.0 Å². The molecule has 1 aromatic heterocycles. The van der Waals surface area contributed by atoms with E-state index in [4.69, 9.17) is 14.6 Å². The highest BCUT2D eigenvalue weighted by molar-refractivity contribution is 5.88. The lowest BCUT2D eigenvalue weighted by molar-refractivity contribution is -0.138. The van der Waals surface area contributed by atoms with Crippen LogP contribution in [0.15, 0.2) is 30.3 Å². The zero-order valence-corrected chi connectivity index (χ0v) is 26.4. The van der Waals surface area contributed by atoms with Gasteiger partial charge in [0.2, 0.25) is 17.7 Å². The highest BCUT2D eigenvalue weighted by atomic mass is 16.5. The molecule has 2 aromatic rings. The summed E-state index contributed by atoms with van der Waals surface area (Å²) in [5, 5.41) is 20.4. The number of aromatic nitrogens is 1. The van der Waals surface area contributed by atoms with Gasteiger partial charge in [-0.3, -0.25) is 24.6 Å². The van der Waals surface area contributed by atoms with E-state index >= 15 is 0 Å². The number of unbranched alkanes of at least 4 members (excludes halogenated alkanes) is 2. The third-order valence-electron chi connectivity index (χ3n) is 7.03. The minimum atomic E-state index is -1.05. The molecule has 0 spiro atoms. The first-order valence-corrected chi connectivity index (χ1v) is 15.4. The van der Waals surface area contributed by atoms with Gasteiger partial charge < -0.3 is 35.1 Å². The van der Waals surface area contributed by atoms with Crippen molar-refractivity contribution in [2.45, 2.75) is 71.0 Å². The Balaban J connectivity index is 1.74. The summed E-state index contributed by atoms with van der Waals surface area (Å²) in [6.45, 7) is 5.05. The van der Waals surface area contributed by atoms with Crippen LogP contribution in [0.2, 0.25) is 0 Å². The van der Waals surface area contributed by atoms with Crippen LogP contribution in [0.25, 0.3) is 10.9 Å². The van der Waals surface area contributed by atoms with Crippen molar-refractivity contribution in [3.63, 3.8) is 0 Å². The number of nitrogens with zero attached hydrogens (tertiary/aromatic N) is 2. The van der Waals surface area contributed by atoms with E-state index in [-0.39, 0.29) is 44.2 Å². The van der Waals surface area contributed by atoms with E-state index < -0.39 is 17.9 Å². The van der Waals surface area contributed by atoms with Gasteiger partial charge in [-0.05, 0) is 37.4 Å². The van der Waals surface area contributed by atoms with Crippen molar-refractivity contribution in [2.75, 3.05) is 53.6 Å². The molecule has 2 rings (SSSR count). The molecule has 44 heavy (non-hydrogen) atoms. The Bertz CT molecular complexity index is 1170. The highest BCUT2D eigenvalue weighted by Gasteiger charge is 2.22. The van der Waals surface area contributed by atoms with Crippen molar-refractivity contribution in [3.8, 4) is 0 Å². The number of amides is 3. The van der Waals surface area contributed by atoms with Crippen LogP contribution in [0.4, 0.5) is 0 Å². The second-order valence-corrected chi connectivity index (χ2v) is 10.6. The quantitative estimate of drug-likeness (QED) is 0.0872. The first-order valence-electron chi connectivity index (χ1n) is 15.4. The van der Waals surface area contributed by atoms with Gasteiger partial charge in [-0.25, -0.2) is 5.01 Å². The van der Waals surface area contributed by atoms with E-state index in [0.29, 0.717) is 45.9 Å². The predicted molar refractivity (Wildman–Crippen MR) is 168 cm³/mol. The van der Waals surface area contributed by atoms with E-state index in [1.54, 1.807) is 0 Å². The number of aliphatic carboxylic acids is 1. The molecule has 0 aliphatic rings. The minimum absolute atomic E-state index is 0.0264. The molecule has 0 unspecified atom stereocenters. The maximum atomic E-state index is 12.9. The summed E-state index contributed by atoms with van der Waals surface area (Å²) in [5.74, 6) is -1.82. The number of carbonyl (C=O) groups excluding carboxylic acids is 3. The van der Waals surface area contributed by atoms with Crippen LogP contribution >= 0.6 is 0 Å². The van der Waals surface area contributed by atoms with Gasteiger partial charge in [-0.15, -0.1) is 0 Å². The summed E-state index contributed by atoms with van der Waals surface area (Å²) >= 11 is 0. The number of ether oxygens (including phenoxy) is 2. The lowest BCUT2D eigenvalue weighted by atomic mass is 10.1. The van der Waals surface area contributed by atoms with E-state index in [1.807, 2.05) is 43.4 Å². The number of para-hydroxylation sites is 1. The molecular formula is C31H50N6O7. The molecular weight excluding hydrogens is 568 g/mol. The molecule has 13 nitrogen and oxygen atoms in total. The van der Waals surface area contributed by atoms with Crippen molar-refractivity contribution < 1.29 is 33.8 Å². The Labute approximate surface area is 260 Å². The number of nitrogens with one attached hydrogen (secondary N) is 4. The Kier molecular flexibility index (Phi) is 17.7. The maximum Gasteiger partial charge on any atom is 0.303 e. The van der Waals surface area contributed by atoms with Crippen LogP contribution < -0.4 is 21.4 Å². The Morgan fingerprint density at radius 3 is 2.32 bits per heavy atom. The van der Waals surface area contributed by atoms with Crippen molar-refractivity contribution in [1.29, 1.82) is 0 Å². The van der Waals surface area contributed by atoms with Crippen LogP contribution in [-0.4, -0.2) is 98.0 Å². The molecule has 0 aliphatic carbocycles. The number of hydrogen-bond donors (Lipinski definition) is 5. The van der Waals surface area contributed by atoms with E-state index in [9.17, 15) is 19.2 Å². The molecule has 13 heteroatoms. The van der Waals surface area contributed by atoms with Gasteiger partial charge in [0.05, 0.1) is 33.0 Å². The Hall–Kier alpha value is -3.52. The standard InChI is InChI=1S/C31H50N6O7/c1-4-5-6-11-28(38)33-15-18-43-20-21-44-19-16-34-31(42)26(12-13-30(40)41)35-29(39)14-17-37-25(23-36(3)32-2)22-24-9-7-8-10-27(24)37/h7-10,22,26,32H,4-6,11-21,23H2,1-3H3,(H,33,38)(H,34,42)(H,35,39)(H,40,41)/t26-/m0/s1. The largest absolute Gasteiger partial charge is 0.481 e. The zero-order valence-electron chi connectivity index (χ0n) is 26.4. The van der Waals surface area contributed by atoms with Crippen LogP contribution in [0, 0.1) is 0 Å². The van der Waals surface area contributed by atoms with E-state index in [2.05, 4.69) is 38.9 Å². The lowest BCUT2D eigenvalue weighted by Gasteiger charge is -2.19. The number of aryl methyl sites for hydroxylation is 1. The van der Waals surface area contributed by atoms with Crippen molar-refractivity contribution in [2.24, 2.45) is 0 Å². The number of rotatable bonds is 24. The summed E-state index contributed by atoms with van der Waals surface area (Å²) in [6.07, 6.45) is 3.38. The number of hydrogen-bond acceptors (Lipinski definition) is 8. The topological polar surface area (TPSA) is 163 Å². The first kappa shape index (κ1) is 36.7. The Morgan fingerprint density at radius 2 is 1.64 bits per heavy atom. The number of hydrazine groups is 1. The summed E-state index contributed by atoms with van der Waals surface area (Å²) in [7, 11) is 3.77. The number of carboxylic acid groups (broad SMARTS) is 1. The fourth-order valence-electron chi connectivity index (χ4n) is 4.58. The number of carboxylic acids is 1. The van der Waals surface area contributed by atoms with Crippen molar-refractivity contribution >= 4 is 34.6 Å². The van der Waals surface area contributed by atoms with Gasteiger partial charge in [0.25, 0.3) is 0 Å². The summed E-state index contributed by atoms with van der Waals surface area (Å²) in [4.78, 5) is 48.5. The molecule has 1 heterocycles. The molecule has 0 saturated heterocycles. The Morgan fingerprint density at radius 1 is 0.932 bits per heavy atom. The zero-order chi connectivity index (χ0) is 32.2. The predicted octanol–water partition coefficient (Wildman–Crippen LogP) is 1.79. The van der Waals surface area contributed by atoms with E-state index in [1.165, 1.54) is 0 Å². The lowest BCUT2D eigenvalue weighted by Crippen LogP contribution is -2.47. The van der Waals surface area contributed by atoms with Crippen molar-refractivity contribution in [3.05, 3.63) is 36.0 Å². The summed E-state index contributed by atoms with van der Waals surface area (Å²) in [6, 6.07) is 9.06. The van der Waals surface area contributed by atoms with Gasteiger partial charge >= 0.3 is 5.97 Å². The molecule has 0 saturated carbocycles. The van der Waals surface area contributed by atoms with Crippen LogP contribution in [0.5, 0.6) is 0 Å². The average Bonchev–Trinajstić information content (AvgIpc) is 3.35. The molecule has 0 bridgehead atoms. The SMILES string of the molecule is CCCCCC(=O)NCCOCCOCCNC(=O)[C@H](CCC(=O)O)NC(=O)CCn1c(CN(C)NC)cc2ccccc21. The summed E-state index contributed by atoms with van der Waals surface area (Å²) in [5.41, 5.74) is 5.12. The third kappa shape index (κ3) is 14.3. The molecule has 246 valence electrons. The monoisotopic (exact) mass is 618 g/mol. The maximum absolute atomic E-state index is 12.9. The first-order chi connectivity index (χ1) is 21.2. The summed E-state index contributed by atoms with van der Waals surface area (Å²) < 4.78 is 13.0. The van der Waals surface area contributed by atoms with Gasteiger partial charge in [0, 0.05) is 57.2 Å². The number of benzene rings is 1. The van der Waals surface area contributed by atoms with Crippen LogP contribution in [-0.2, 0) is 41.7 Å². The average molecular weight is 619 g/mol. The molecule has 0 fully saturated rings. The normalized spacial score (nSPS) is 11.9. The van der Waals surface area contributed by atoms with Crippen molar-refractivity contribution in [1.82, 2.24) is 31.0 Å². The molecule has 1 atom stereocenters. The third-order valence-corrected chi connectivity index (χ3v) is 7.03. The highest BCUT2D eigenvalue weighted by Crippen LogP contribution is 2.21. The second kappa shape index (κ2) is 21.2. The second-order valence-electron chi connectivity index (χ2n) is 10.6. The number of carbonyl (C=O) groups is 4. The van der Waals surface area contributed by atoms with E-state index in [0.717, 1.165) is 35.9 Å².